The quantitative estimate of drug-likeness (QED) is 0.269. The number of thiocarbonyl (C=S) groups is 1. The molecule has 0 aromatic heterocycles. The molecule has 1 fully saturated rings. The molecule has 0 saturated carbocycles. The molecule has 4 rings (SSSR count). The van der Waals surface area contributed by atoms with Crippen molar-refractivity contribution in [3.05, 3.63) is 88.0 Å². The summed E-state index contributed by atoms with van der Waals surface area (Å²) in [5, 5.41) is 3.23. The fourth-order valence-corrected chi connectivity index (χ4v) is 4.86. The third kappa shape index (κ3) is 5.84. The highest BCUT2D eigenvalue weighted by atomic mass is 79.9. The van der Waals surface area contributed by atoms with Crippen LogP contribution in [0.4, 0.5) is 11.4 Å². The monoisotopic (exact) mass is 579 g/mol. The van der Waals surface area contributed by atoms with Crippen molar-refractivity contribution in [2.24, 2.45) is 0 Å². The van der Waals surface area contributed by atoms with Crippen molar-refractivity contribution >= 4 is 62.5 Å². The van der Waals surface area contributed by atoms with E-state index in [1.807, 2.05) is 68.4 Å². The minimum atomic E-state index is -0.299. The number of halogens is 1. The van der Waals surface area contributed by atoms with Gasteiger partial charge in [-0.1, -0.05) is 35.9 Å². The smallest absolute Gasteiger partial charge is 0.277 e. The lowest BCUT2D eigenvalue weighted by Crippen LogP contribution is -2.32. The summed E-state index contributed by atoms with van der Waals surface area (Å²) in [7, 11) is 1.52. The molecular weight excluding hydrogens is 554 g/mol. The second-order valence-electron chi connectivity index (χ2n) is 8.27. The number of methoxy groups -OCH3 is 1. The highest BCUT2D eigenvalue weighted by Crippen LogP contribution is 2.38. The Morgan fingerprint density at radius 3 is 2.46 bits per heavy atom. The third-order valence-corrected chi connectivity index (χ3v) is 6.69. The Labute approximate surface area is 229 Å². The molecule has 0 spiro atoms. The summed E-state index contributed by atoms with van der Waals surface area (Å²) in [6.07, 6.45) is 1.76. The van der Waals surface area contributed by atoms with Crippen LogP contribution in [0.15, 0.2) is 76.9 Å². The number of hydrogen-bond donors (Lipinski definition) is 1. The van der Waals surface area contributed by atoms with Gasteiger partial charge in [-0.25, -0.2) is 0 Å². The summed E-state index contributed by atoms with van der Waals surface area (Å²) in [5.41, 5.74) is 3.72. The van der Waals surface area contributed by atoms with E-state index < -0.39 is 0 Å². The molecule has 0 radical (unpaired) electrons. The van der Waals surface area contributed by atoms with Gasteiger partial charge in [-0.2, -0.15) is 0 Å². The molecule has 1 saturated heterocycles. The summed E-state index contributed by atoms with van der Waals surface area (Å²) in [4.78, 5) is 28.9. The summed E-state index contributed by atoms with van der Waals surface area (Å²) in [6.45, 7) is 4.12. The number of amides is 2. The van der Waals surface area contributed by atoms with Crippen LogP contribution in [0.25, 0.3) is 6.08 Å². The minimum absolute atomic E-state index is 0.181. The second-order valence-corrected chi connectivity index (χ2v) is 9.49. The van der Waals surface area contributed by atoms with E-state index >= 15 is 0 Å². The number of nitrogens with zero attached hydrogens (tertiary/aromatic N) is 2. The topological polar surface area (TPSA) is 71.1 Å². The Kier molecular flexibility index (Phi) is 8.25. The van der Waals surface area contributed by atoms with E-state index in [9.17, 15) is 9.59 Å². The van der Waals surface area contributed by atoms with Gasteiger partial charge in [-0.3, -0.25) is 19.4 Å². The van der Waals surface area contributed by atoms with Crippen molar-refractivity contribution < 1.29 is 19.1 Å². The standard InChI is InChI=1S/C28H26BrN3O4S/c1-4-31-27(34)23(32(28(31)37)21-8-6-5-7-9-21)15-19-14-22(29)26(24(16-19)35-3)36-17-25(33)30-20-12-10-18(2)11-13-20/h5-16H,4,17H2,1-3H3,(H,30,33)/b23-15+. The van der Waals surface area contributed by atoms with Crippen LogP contribution >= 0.6 is 28.1 Å². The lowest BCUT2D eigenvalue weighted by Gasteiger charge is -2.19. The van der Waals surface area contributed by atoms with E-state index in [4.69, 9.17) is 21.7 Å². The van der Waals surface area contributed by atoms with Crippen molar-refractivity contribution in [1.82, 2.24) is 4.90 Å². The molecule has 1 heterocycles. The van der Waals surface area contributed by atoms with E-state index in [1.165, 1.54) is 7.11 Å². The molecule has 9 heteroatoms. The Morgan fingerprint density at radius 1 is 1.11 bits per heavy atom. The molecular formula is C28H26BrN3O4S. The van der Waals surface area contributed by atoms with Crippen LogP contribution in [0.1, 0.15) is 18.1 Å². The zero-order valence-corrected chi connectivity index (χ0v) is 23.1. The molecule has 190 valence electrons. The lowest BCUT2D eigenvalue weighted by molar-refractivity contribution is -0.122. The van der Waals surface area contributed by atoms with Gasteiger partial charge in [0.2, 0.25) is 0 Å². The normalized spacial score (nSPS) is 14.3. The molecule has 37 heavy (non-hydrogen) atoms. The Balaban J connectivity index is 1.58. The number of aryl methyl sites for hydroxylation is 1. The van der Waals surface area contributed by atoms with Gasteiger partial charge in [0, 0.05) is 17.9 Å². The Bertz CT molecular complexity index is 1360. The highest BCUT2D eigenvalue weighted by Gasteiger charge is 2.38. The zero-order chi connectivity index (χ0) is 26.5. The maximum Gasteiger partial charge on any atom is 0.277 e. The summed E-state index contributed by atoms with van der Waals surface area (Å²) < 4.78 is 11.9. The number of rotatable bonds is 8. The van der Waals surface area contributed by atoms with E-state index in [-0.39, 0.29) is 18.4 Å². The number of anilines is 2. The van der Waals surface area contributed by atoms with E-state index in [0.717, 1.165) is 11.3 Å². The SMILES string of the molecule is CCN1C(=O)/C(=C\c2cc(Br)c(OCC(=O)Nc3ccc(C)cc3)c(OC)c2)N(c2ccccc2)C1=S. The summed E-state index contributed by atoms with van der Waals surface area (Å²) in [5.74, 6) is 0.315. The predicted molar refractivity (Wildman–Crippen MR) is 153 cm³/mol. The lowest BCUT2D eigenvalue weighted by atomic mass is 10.1. The van der Waals surface area contributed by atoms with Crippen LogP contribution in [-0.2, 0) is 9.59 Å². The highest BCUT2D eigenvalue weighted by molar-refractivity contribution is 9.10. The largest absolute Gasteiger partial charge is 0.493 e. The number of hydrogen-bond acceptors (Lipinski definition) is 5. The van der Waals surface area contributed by atoms with Crippen LogP contribution in [0.3, 0.4) is 0 Å². The van der Waals surface area contributed by atoms with E-state index in [0.29, 0.717) is 44.6 Å². The Hall–Kier alpha value is -3.69. The number of para-hydroxylation sites is 1. The predicted octanol–water partition coefficient (Wildman–Crippen LogP) is 5.78. The van der Waals surface area contributed by atoms with Gasteiger partial charge in [-0.15, -0.1) is 0 Å². The summed E-state index contributed by atoms with van der Waals surface area (Å²) >= 11 is 9.14. The molecule has 3 aromatic rings. The molecule has 1 N–H and O–H groups in total. The van der Waals surface area contributed by atoms with Crippen LogP contribution in [0, 0.1) is 6.92 Å². The fourth-order valence-electron chi connectivity index (χ4n) is 3.87. The number of carbonyl (C=O) groups is 2. The number of benzene rings is 3. The van der Waals surface area contributed by atoms with Crippen LogP contribution in [0.5, 0.6) is 11.5 Å². The van der Waals surface area contributed by atoms with Gasteiger partial charge in [0.15, 0.2) is 23.2 Å². The maximum atomic E-state index is 13.2. The van der Waals surface area contributed by atoms with Crippen molar-refractivity contribution in [3.63, 3.8) is 0 Å². The van der Waals surface area contributed by atoms with E-state index in [1.54, 1.807) is 28.0 Å². The first-order chi connectivity index (χ1) is 17.8. The number of ether oxygens (including phenoxy) is 2. The van der Waals surface area contributed by atoms with Crippen molar-refractivity contribution in [1.29, 1.82) is 0 Å². The van der Waals surface area contributed by atoms with Crippen LogP contribution in [0.2, 0.25) is 0 Å². The van der Waals surface area contributed by atoms with Gasteiger partial charge in [0.1, 0.15) is 5.70 Å². The number of carbonyl (C=O) groups excluding carboxylic acids is 2. The summed E-state index contributed by atoms with van der Waals surface area (Å²) in [6, 6.07) is 20.6. The molecule has 0 unspecified atom stereocenters. The average Bonchev–Trinajstić information content (AvgIpc) is 3.13. The molecule has 2 amide bonds. The Morgan fingerprint density at radius 2 is 1.81 bits per heavy atom. The van der Waals surface area contributed by atoms with Gasteiger partial charge >= 0.3 is 0 Å². The van der Waals surface area contributed by atoms with Crippen molar-refractivity contribution in [2.75, 3.05) is 30.5 Å². The van der Waals surface area contributed by atoms with Crippen LogP contribution < -0.4 is 19.7 Å². The molecule has 1 aliphatic heterocycles. The first kappa shape index (κ1) is 26.4. The van der Waals surface area contributed by atoms with Gasteiger partial charge in [0.25, 0.3) is 11.8 Å². The number of likely N-dealkylation sites (N-methyl/N-ethyl adjacent to an activating group) is 1. The van der Waals surface area contributed by atoms with E-state index in [2.05, 4.69) is 21.2 Å². The van der Waals surface area contributed by atoms with Gasteiger partial charge in [-0.05, 0) is 90.0 Å². The maximum absolute atomic E-state index is 13.2. The molecule has 0 atom stereocenters. The molecule has 1 aliphatic rings. The van der Waals surface area contributed by atoms with Crippen LogP contribution in [-0.4, -0.2) is 42.1 Å². The number of nitrogens with one attached hydrogen (secondary N) is 1. The molecule has 3 aromatic carbocycles. The first-order valence-electron chi connectivity index (χ1n) is 11.6. The third-order valence-electron chi connectivity index (χ3n) is 5.70. The zero-order valence-electron chi connectivity index (χ0n) is 20.7. The average molecular weight is 581 g/mol. The van der Waals surface area contributed by atoms with Crippen molar-refractivity contribution in [2.45, 2.75) is 13.8 Å². The molecule has 7 nitrogen and oxygen atoms in total. The fraction of sp³-hybridized carbons (Fsp3) is 0.179. The molecule has 0 bridgehead atoms. The van der Waals surface area contributed by atoms with Crippen molar-refractivity contribution in [3.8, 4) is 11.5 Å². The van der Waals surface area contributed by atoms with Gasteiger partial charge < -0.3 is 14.8 Å². The minimum Gasteiger partial charge on any atom is -0.493 e. The van der Waals surface area contributed by atoms with Gasteiger partial charge in [0.05, 0.1) is 11.6 Å². The molecule has 0 aliphatic carbocycles. The first-order valence-corrected chi connectivity index (χ1v) is 12.8. The second kappa shape index (κ2) is 11.6.